The van der Waals surface area contributed by atoms with E-state index in [1.807, 2.05) is 13.8 Å². The molecule has 16 heteroatoms. The van der Waals surface area contributed by atoms with Crippen LogP contribution in [0.15, 0.2) is 30.9 Å². The average molecular weight is 783 g/mol. The number of nitrogens with zero attached hydrogens (tertiary/aromatic N) is 3. The van der Waals surface area contributed by atoms with Crippen molar-refractivity contribution in [2.45, 2.75) is 133 Å². The third-order valence-electron chi connectivity index (χ3n) is 11.4. The smallest absolute Gasteiger partial charge is 0.408 e. The fraction of sp³-hybridized carbons (Fsp3) is 0.641. The van der Waals surface area contributed by atoms with Gasteiger partial charge in [0.1, 0.15) is 41.3 Å². The zero-order valence-corrected chi connectivity index (χ0v) is 33.6. The molecule has 6 rings (SSSR count). The maximum Gasteiger partial charge on any atom is 0.408 e. The van der Waals surface area contributed by atoms with Crippen molar-refractivity contribution in [3.63, 3.8) is 0 Å². The number of likely N-dealkylation sites (tertiary alicyclic amines) is 1. The number of hydrogen-bond acceptors (Lipinski definition) is 11. The van der Waals surface area contributed by atoms with Gasteiger partial charge in [0.2, 0.25) is 27.7 Å². The van der Waals surface area contributed by atoms with E-state index in [9.17, 15) is 27.6 Å². The molecule has 55 heavy (non-hydrogen) atoms. The van der Waals surface area contributed by atoms with Gasteiger partial charge in [-0.2, -0.15) is 0 Å². The molecule has 3 aliphatic carbocycles. The van der Waals surface area contributed by atoms with Crippen LogP contribution in [0, 0.1) is 11.3 Å². The Balaban J connectivity index is 1.30. The van der Waals surface area contributed by atoms with E-state index in [2.05, 4.69) is 21.9 Å². The lowest BCUT2D eigenvalue weighted by Gasteiger charge is -2.35. The molecule has 5 atom stereocenters. The molecule has 4 amide bonds. The number of alkyl carbamates (subject to hydrolysis) is 1. The fourth-order valence-electron chi connectivity index (χ4n) is 7.40. The number of sulfonamides is 1. The van der Waals surface area contributed by atoms with E-state index in [0.717, 1.165) is 25.7 Å². The molecule has 4 fully saturated rings. The van der Waals surface area contributed by atoms with E-state index in [0.29, 0.717) is 35.3 Å². The quantitative estimate of drug-likeness (QED) is 0.246. The van der Waals surface area contributed by atoms with Gasteiger partial charge >= 0.3 is 6.09 Å². The minimum Gasteiger partial charge on any atom is -0.497 e. The second-order valence-corrected chi connectivity index (χ2v) is 19.2. The van der Waals surface area contributed by atoms with Gasteiger partial charge < -0.3 is 29.7 Å². The van der Waals surface area contributed by atoms with Crippen LogP contribution in [0.2, 0.25) is 0 Å². The second kappa shape index (κ2) is 14.9. The van der Waals surface area contributed by atoms with Gasteiger partial charge in [-0.25, -0.2) is 23.2 Å². The molecule has 1 aliphatic heterocycles. The molecule has 0 bridgehead atoms. The molecule has 300 valence electrons. The number of amides is 4. The first-order valence-corrected chi connectivity index (χ1v) is 20.6. The molecule has 15 nitrogen and oxygen atoms in total. The number of carbonyl (C=O) groups is 4. The van der Waals surface area contributed by atoms with Crippen LogP contribution in [-0.4, -0.2) is 95.3 Å². The van der Waals surface area contributed by atoms with Crippen molar-refractivity contribution < 1.29 is 41.8 Å². The maximum atomic E-state index is 14.6. The average Bonchev–Trinajstić information content (AvgIpc) is 3.90. The number of hydrogen-bond donors (Lipinski definition) is 3. The molecule has 1 aromatic carbocycles. The number of ether oxygens (including phenoxy) is 3. The van der Waals surface area contributed by atoms with Gasteiger partial charge in [-0.05, 0) is 69.4 Å². The predicted octanol–water partition coefficient (Wildman–Crippen LogP) is 4.25. The summed E-state index contributed by atoms with van der Waals surface area (Å²) in [5, 5.41) is 5.59. The minimum atomic E-state index is -4.00. The highest BCUT2D eigenvalue weighted by molar-refractivity contribution is 7.91. The van der Waals surface area contributed by atoms with Crippen molar-refractivity contribution in [3.05, 3.63) is 36.5 Å². The van der Waals surface area contributed by atoms with Gasteiger partial charge in [0.05, 0.1) is 29.4 Å². The van der Waals surface area contributed by atoms with Crippen LogP contribution >= 0.6 is 0 Å². The fourth-order valence-corrected chi connectivity index (χ4v) is 8.71. The number of fused-ring (bicyclic) bond motifs is 1. The number of carbonyl (C=O) groups excluding carboxylic acids is 4. The molecule has 0 radical (unpaired) electrons. The number of rotatable bonds is 13. The summed E-state index contributed by atoms with van der Waals surface area (Å²) in [7, 11) is -2.45. The van der Waals surface area contributed by atoms with Crippen molar-refractivity contribution >= 4 is 44.9 Å². The van der Waals surface area contributed by atoms with Crippen molar-refractivity contribution in [1.82, 2.24) is 30.2 Å². The highest BCUT2D eigenvalue weighted by Crippen LogP contribution is 2.47. The Hall–Kier alpha value is -4.47. The number of aromatic nitrogens is 2. The molecule has 0 spiro atoms. The first-order valence-electron chi connectivity index (χ1n) is 19.1. The lowest BCUT2D eigenvalue weighted by molar-refractivity contribution is -0.143. The summed E-state index contributed by atoms with van der Waals surface area (Å²) >= 11 is 0. The van der Waals surface area contributed by atoms with Crippen LogP contribution in [-0.2, 0) is 29.1 Å². The Kier molecular flexibility index (Phi) is 10.9. The zero-order chi connectivity index (χ0) is 40.1. The van der Waals surface area contributed by atoms with Crippen LogP contribution in [0.1, 0.15) is 105 Å². The van der Waals surface area contributed by atoms with Crippen molar-refractivity contribution in [2.24, 2.45) is 11.3 Å². The van der Waals surface area contributed by atoms with E-state index in [1.165, 1.54) is 11.0 Å². The molecule has 2 heterocycles. The van der Waals surface area contributed by atoms with Crippen LogP contribution in [0.25, 0.3) is 11.0 Å². The normalized spacial score (nSPS) is 25.2. The Morgan fingerprint density at radius 3 is 2.33 bits per heavy atom. The minimum absolute atomic E-state index is 0.00312. The highest BCUT2D eigenvalue weighted by Gasteiger charge is 2.63. The third-order valence-corrected chi connectivity index (χ3v) is 13.5. The standard InChI is InChI=1S/C39H54N6O9S/c1-9-23-20-39(23,35(48)44-55(50,51)38(7)16-17-38)43-32(46)29-19-26(53-33-30(22(2)3)40-27-15-14-25(52-8)18-28(27)41-33)21-45(29)34(47)31(37(4,5)6)42-36(49)54-24-12-10-11-13-24/h9,14-15,18,22-24,26,29,31H,1,10-13,16-17,19-21H2,2-8H3,(H,42,49)(H,43,46)(H,44,48)/t23-,26-,29+,31-,39-/m1/s1. The Bertz CT molecular complexity index is 1970. The summed E-state index contributed by atoms with van der Waals surface area (Å²) in [6.45, 7) is 14.6. The monoisotopic (exact) mass is 782 g/mol. The summed E-state index contributed by atoms with van der Waals surface area (Å²) in [6.07, 6.45) is 4.19. The van der Waals surface area contributed by atoms with Crippen molar-refractivity contribution in [3.8, 4) is 11.6 Å². The number of methoxy groups -OCH3 is 1. The van der Waals surface area contributed by atoms with Crippen molar-refractivity contribution in [2.75, 3.05) is 13.7 Å². The zero-order valence-electron chi connectivity index (χ0n) is 32.8. The second-order valence-electron chi connectivity index (χ2n) is 17.1. The van der Waals surface area contributed by atoms with E-state index < -0.39 is 73.6 Å². The van der Waals surface area contributed by atoms with Crippen LogP contribution in [0.3, 0.4) is 0 Å². The highest BCUT2D eigenvalue weighted by atomic mass is 32.2. The largest absolute Gasteiger partial charge is 0.497 e. The maximum absolute atomic E-state index is 14.6. The van der Waals surface area contributed by atoms with Crippen LogP contribution in [0.5, 0.6) is 11.6 Å². The molecule has 2 aromatic rings. The van der Waals surface area contributed by atoms with Gasteiger partial charge in [-0.15, -0.1) is 6.58 Å². The topological polar surface area (TPSA) is 195 Å². The lowest BCUT2D eigenvalue weighted by Crippen LogP contribution is -2.60. The summed E-state index contributed by atoms with van der Waals surface area (Å²) in [5.74, 6) is -1.87. The van der Waals surface area contributed by atoms with Gasteiger partial charge in [-0.3, -0.25) is 19.1 Å². The van der Waals surface area contributed by atoms with E-state index in [1.54, 1.807) is 53.0 Å². The third kappa shape index (κ3) is 8.24. The van der Waals surface area contributed by atoms with E-state index >= 15 is 0 Å². The lowest BCUT2D eigenvalue weighted by atomic mass is 9.85. The molecular formula is C39H54N6O9S. The van der Waals surface area contributed by atoms with Crippen molar-refractivity contribution in [1.29, 1.82) is 0 Å². The summed E-state index contributed by atoms with van der Waals surface area (Å²) in [5.41, 5.74) is -0.628. The van der Waals surface area contributed by atoms with Gasteiger partial charge in [0.25, 0.3) is 5.91 Å². The molecule has 1 aromatic heterocycles. The number of nitrogens with one attached hydrogen (secondary N) is 3. The Morgan fingerprint density at radius 2 is 1.75 bits per heavy atom. The Morgan fingerprint density at radius 1 is 1.05 bits per heavy atom. The molecule has 4 aliphatic rings. The van der Waals surface area contributed by atoms with Crippen LogP contribution < -0.4 is 24.8 Å². The van der Waals surface area contributed by atoms with Crippen LogP contribution in [0.4, 0.5) is 4.79 Å². The summed E-state index contributed by atoms with van der Waals surface area (Å²) in [4.78, 5) is 66.8. The van der Waals surface area contributed by atoms with Gasteiger partial charge in [0, 0.05) is 24.3 Å². The predicted molar refractivity (Wildman–Crippen MR) is 204 cm³/mol. The number of benzene rings is 1. The first kappa shape index (κ1) is 40.2. The SMILES string of the molecule is C=C[C@@H]1C[C@]1(NC(=O)[C@@H]1C[C@@H](Oc2nc3cc(OC)ccc3nc2C(C)C)CN1C(=O)[C@@H](NC(=O)OC1CCCC1)C(C)(C)C)C(=O)NS(=O)(=O)C1(C)CC1. The van der Waals surface area contributed by atoms with E-state index in [-0.39, 0.29) is 37.3 Å². The summed E-state index contributed by atoms with van der Waals surface area (Å²) in [6, 6.07) is 3.07. The Labute approximate surface area is 322 Å². The van der Waals surface area contributed by atoms with Gasteiger partial charge in [0.15, 0.2) is 0 Å². The molecule has 1 saturated heterocycles. The van der Waals surface area contributed by atoms with Gasteiger partial charge in [-0.1, -0.05) is 40.7 Å². The first-order chi connectivity index (χ1) is 25.8. The summed E-state index contributed by atoms with van der Waals surface area (Å²) < 4.78 is 44.8. The molecule has 0 unspecified atom stereocenters. The molecule has 3 saturated carbocycles. The molecular weight excluding hydrogens is 729 g/mol. The molecule has 3 N–H and O–H groups in total. The van der Waals surface area contributed by atoms with E-state index in [4.69, 9.17) is 24.2 Å².